The number of para-hydroxylation sites is 1. The van der Waals surface area contributed by atoms with Gasteiger partial charge in [-0.2, -0.15) is 5.10 Å². The first kappa shape index (κ1) is 19.2. The van der Waals surface area contributed by atoms with Crippen LogP contribution < -0.4 is 5.32 Å². The summed E-state index contributed by atoms with van der Waals surface area (Å²) in [5.41, 5.74) is 2.64. The first-order valence-corrected chi connectivity index (χ1v) is 10.9. The van der Waals surface area contributed by atoms with E-state index in [1.807, 2.05) is 36.4 Å². The Morgan fingerprint density at radius 2 is 1.96 bits per heavy atom. The summed E-state index contributed by atoms with van der Waals surface area (Å²) in [6.07, 6.45) is 8.53. The zero-order valence-corrected chi connectivity index (χ0v) is 16.9. The van der Waals surface area contributed by atoms with Gasteiger partial charge in [0, 0.05) is 18.5 Å². The fourth-order valence-electron chi connectivity index (χ4n) is 4.13. The number of hydrogen-bond donors (Lipinski definition) is 1. The highest BCUT2D eigenvalue weighted by Gasteiger charge is 2.29. The van der Waals surface area contributed by atoms with Crippen molar-refractivity contribution in [1.82, 2.24) is 20.0 Å². The van der Waals surface area contributed by atoms with Crippen molar-refractivity contribution < 1.29 is 4.79 Å². The van der Waals surface area contributed by atoms with Crippen LogP contribution in [0.2, 0.25) is 0 Å². The Balaban J connectivity index is 1.32. The third-order valence-electron chi connectivity index (χ3n) is 6.06. The average molecular weight is 381 g/mol. The number of piperidine rings is 1. The van der Waals surface area contributed by atoms with Gasteiger partial charge in [-0.25, -0.2) is 4.68 Å². The highest BCUT2D eigenvalue weighted by Crippen LogP contribution is 2.39. The second-order valence-electron chi connectivity index (χ2n) is 8.32. The second kappa shape index (κ2) is 8.91. The van der Waals surface area contributed by atoms with Crippen molar-refractivity contribution in [2.24, 2.45) is 0 Å². The summed E-state index contributed by atoms with van der Waals surface area (Å²) in [4.78, 5) is 15.4. The van der Waals surface area contributed by atoms with Gasteiger partial charge in [0.25, 0.3) is 5.91 Å². The number of hydrogen-bond acceptors (Lipinski definition) is 3. The third kappa shape index (κ3) is 4.64. The van der Waals surface area contributed by atoms with Gasteiger partial charge in [0.05, 0.1) is 11.4 Å². The molecular weight excluding hydrogens is 348 g/mol. The summed E-state index contributed by atoms with van der Waals surface area (Å²) in [6, 6.07) is 12.6. The minimum atomic E-state index is -0.0189. The molecule has 28 heavy (non-hydrogen) atoms. The Morgan fingerprint density at radius 3 is 2.71 bits per heavy atom. The van der Waals surface area contributed by atoms with Crippen molar-refractivity contribution in [3.63, 3.8) is 0 Å². The number of aromatic nitrogens is 2. The van der Waals surface area contributed by atoms with E-state index in [2.05, 4.69) is 17.1 Å². The molecule has 2 heterocycles. The number of amides is 1. The predicted molar refractivity (Wildman–Crippen MR) is 112 cm³/mol. The number of carbonyl (C=O) groups is 1. The molecule has 4 rings (SSSR count). The fraction of sp³-hybridized carbons (Fsp3) is 0.565. The molecule has 1 N–H and O–H groups in total. The summed E-state index contributed by atoms with van der Waals surface area (Å²) in [7, 11) is 0. The Morgan fingerprint density at radius 1 is 1.14 bits per heavy atom. The first-order valence-electron chi connectivity index (χ1n) is 10.9. The lowest BCUT2D eigenvalue weighted by Crippen LogP contribution is -2.38. The van der Waals surface area contributed by atoms with Crippen molar-refractivity contribution >= 4 is 5.91 Å². The molecule has 1 amide bonds. The van der Waals surface area contributed by atoms with E-state index < -0.39 is 0 Å². The molecule has 1 aromatic heterocycles. The molecule has 1 atom stereocenters. The summed E-state index contributed by atoms with van der Waals surface area (Å²) in [5, 5.41) is 7.84. The van der Waals surface area contributed by atoms with Gasteiger partial charge in [-0.05, 0) is 76.7 Å². The summed E-state index contributed by atoms with van der Waals surface area (Å²) >= 11 is 0. The van der Waals surface area contributed by atoms with Gasteiger partial charge in [0.1, 0.15) is 5.69 Å². The van der Waals surface area contributed by atoms with Crippen LogP contribution in [0.4, 0.5) is 0 Å². The maximum Gasteiger partial charge on any atom is 0.270 e. The van der Waals surface area contributed by atoms with Gasteiger partial charge in [0.15, 0.2) is 0 Å². The molecule has 2 aromatic rings. The standard InChI is InChI=1S/C23H32N4O/c1-18-9-5-7-15-26(18)16-8-6-14-24-23(28)22-17-21(19-12-13-19)25-27(22)20-10-3-2-4-11-20/h2-4,10-11,17-19H,5-9,12-16H2,1H3,(H,24,28)/t18-/m0/s1. The van der Waals surface area contributed by atoms with Crippen LogP contribution in [0.25, 0.3) is 5.69 Å². The zero-order chi connectivity index (χ0) is 19.3. The topological polar surface area (TPSA) is 50.2 Å². The first-order chi connectivity index (χ1) is 13.7. The second-order valence-corrected chi connectivity index (χ2v) is 8.32. The fourth-order valence-corrected chi connectivity index (χ4v) is 4.13. The summed E-state index contributed by atoms with van der Waals surface area (Å²) in [6.45, 7) is 5.43. The Kier molecular flexibility index (Phi) is 6.10. The van der Waals surface area contributed by atoms with Crippen LogP contribution in [0.1, 0.15) is 74.0 Å². The maximum atomic E-state index is 12.8. The van der Waals surface area contributed by atoms with Crippen LogP contribution in [0, 0.1) is 0 Å². The van der Waals surface area contributed by atoms with E-state index in [9.17, 15) is 4.79 Å². The minimum absolute atomic E-state index is 0.0189. The van der Waals surface area contributed by atoms with Crippen molar-refractivity contribution in [1.29, 1.82) is 0 Å². The van der Waals surface area contributed by atoms with Gasteiger partial charge >= 0.3 is 0 Å². The molecule has 0 spiro atoms. The molecule has 1 saturated heterocycles. The minimum Gasteiger partial charge on any atom is -0.351 e. The molecule has 1 aromatic carbocycles. The number of nitrogens with zero attached hydrogens (tertiary/aromatic N) is 3. The predicted octanol–water partition coefficient (Wildman–Crippen LogP) is 4.13. The lowest BCUT2D eigenvalue weighted by atomic mass is 10.0. The normalized spacial score (nSPS) is 20.2. The van der Waals surface area contributed by atoms with Crippen LogP contribution in [-0.4, -0.2) is 46.3 Å². The largest absolute Gasteiger partial charge is 0.351 e. The molecular formula is C23H32N4O. The lowest BCUT2D eigenvalue weighted by molar-refractivity contribution is 0.0944. The van der Waals surface area contributed by atoms with Crippen LogP contribution in [0.5, 0.6) is 0 Å². The van der Waals surface area contributed by atoms with Gasteiger partial charge in [-0.1, -0.05) is 24.6 Å². The number of nitrogens with one attached hydrogen (secondary N) is 1. The van der Waals surface area contributed by atoms with E-state index in [0.717, 1.165) is 37.3 Å². The molecule has 5 nitrogen and oxygen atoms in total. The number of carbonyl (C=O) groups excluding carboxylic acids is 1. The average Bonchev–Trinajstić information content (AvgIpc) is 3.48. The number of unbranched alkanes of at least 4 members (excludes halogenated alkanes) is 1. The SMILES string of the molecule is C[C@H]1CCCCN1CCCCNC(=O)c1cc(C2CC2)nn1-c1ccccc1. The van der Waals surface area contributed by atoms with Crippen molar-refractivity contribution in [2.75, 3.05) is 19.6 Å². The van der Waals surface area contributed by atoms with Crippen molar-refractivity contribution in [2.45, 2.75) is 63.8 Å². The Bertz CT molecular complexity index is 781. The summed E-state index contributed by atoms with van der Waals surface area (Å²) < 4.78 is 1.80. The molecule has 1 aliphatic carbocycles. The van der Waals surface area contributed by atoms with Crippen molar-refractivity contribution in [3.05, 3.63) is 47.8 Å². The van der Waals surface area contributed by atoms with E-state index in [-0.39, 0.29) is 5.91 Å². The van der Waals surface area contributed by atoms with Crippen LogP contribution in [0.3, 0.4) is 0 Å². The highest BCUT2D eigenvalue weighted by molar-refractivity contribution is 5.93. The van der Waals surface area contributed by atoms with Crippen LogP contribution in [0.15, 0.2) is 36.4 Å². The van der Waals surface area contributed by atoms with Gasteiger partial charge < -0.3 is 10.2 Å². The monoisotopic (exact) mass is 380 g/mol. The van der Waals surface area contributed by atoms with E-state index in [4.69, 9.17) is 5.10 Å². The Labute approximate surface area is 168 Å². The van der Waals surface area contributed by atoms with Crippen LogP contribution in [-0.2, 0) is 0 Å². The van der Waals surface area contributed by atoms with E-state index in [1.165, 1.54) is 38.6 Å². The number of benzene rings is 1. The molecule has 150 valence electrons. The van der Waals surface area contributed by atoms with E-state index >= 15 is 0 Å². The zero-order valence-electron chi connectivity index (χ0n) is 16.9. The van der Waals surface area contributed by atoms with Gasteiger partial charge in [-0.3, -0.25) is 4.79 Å². The molecule has 0 unspecified atom stereocenters. The number of likely N-dealkylation sites (tertiary alicyclic amines) is 1. The molecule has 1 saturated carbocycles. The smallest absolute Gasteiger partial charge is 0.270 e. The van der Waals surface area contributed by atoms with Gasteiger partial charge in [0.2, 0.25) is 0 Å². The van der Waals surface area contributed by atoms with E-state index in [1.54, 1.807) is 4.68 Å². The maximum absolute atomic E-state index is 12.8. The quantitative estimate of drug-likeness (QED) is 0.701. The molecule has 2 aliphatic rings. The highest BCUT2D eigenvalue weighted by atomic mass is 16.2. The molecule has 0 bridgehead atoms. The van der Waals surface area contributed by atoms with E-state index in [0.29, 0.717) is 17.7 Å². The number of rotatable bonds is 8. The van der Waals surface area contributed by atoms with Crippen molar-refractivity contribution in [3.8, 4) is 5.69 Å². The summed E-state index contributed by atoms with van der Waals surface area (Å²) in [5.74, 6) is 0.512. The third-order valence-corrected chi connectivity index (χ3v) is 6.06. The molecule has 0 radical (unpaired) electrons. The van der Waals surface area contributed by atoms with Gasteiger partial charge in [-0.15, -0.1) is 0 Å². The molecule has 1 aliphatic heterocycles. The lowest BCUT2D eigenvalue weighted by Gasteiger charge is -2.33. The van der Waals surface area contributed by atoms with Crippen LogP contribution >= 0.6 is 0 Å². The molecule has 2 fully saturated rings. The Hall–Kier alpha value is -2.14. The molecule has 5 heteroatoms.